The monoisotopic (exact) mass is 321 g/mol. The molecule has 1 aromatic carbocycles. The third kappa shape index (κ3) is 3.22. The highest BCUT2D eigenvalue weighted by Crippen LogP contribution is 2.25. The molecule has 3 aromatic rings. The van der Waals surface area contributed by atoms with Crippen molar-refractivity contribution in [3.63, 3.8) is 0 Å². The van der Waals surface area contributed by atoms with Gasteiger partial charge in [0.1, 0.15) is 18.2 Å². The molecule has 0 amide bonds. The standard InChI is InChI=1S/C18H19N5O/c1-3-14-5-6-16(11-15(14)4-1)24-10-8-20-17-12-19-13-18(22-17)23-9-2-7-21-23/h2,5-7,9,11-13H,1,3-4,8,10H2,(H,20,22). The number of nitrogens with one attached hydrogen (secondary N) is 1. The fraction of sp³-hybridized carbons (Fsp3) is 0.278. The van der Waals surface area contributed by atoms with Crippen molar-refractivity contribution in [1.29, 1.82) is 0 Å². The molecule has 4 rings (SSSR count). The van der Waals surface area contributed by atoms with Crippen LogP contribution < -0.4 is 10.1 Å². The molecular weight excluding hydrogens is 302 g/mol. The van der Waals surface area contributed by atoms with Gasteiger partial charge in [0.2, 0.25) is 0 Å². The Labute approximate surface area is 140 Å². The lowest BCUT2D eigenvalue weighted by Gasteiger charge is -2.10. The maximum atomic E-state index is 5.83. The number of rotatable bonds is 6. The lowest BCUT2D eigenvalue weighted by Crippen LogP contribution is -2.13. The van der Waals surface area contributed by atoms with Crippen LogP contribution in [0.3, 0.4) is 0 Å². The Kier molecular flexibility index (Phi) is 4.10. The molecule has 0 unspecified atom stereocenters. The van der Waals surface area contributed by atoms with Gasteiger partial charge in [-0.3, -0.25) is 4.98 Å². The van der Waals surface area contributed by atoms with Crippen LogP contribution in [0.2, 0.25) is 0 Å². The first kappa shape index (κ1) is 14.7. The molecule has 6 nitrogen and oxygen atoms in total. The molecule has 0 spiro atoms. The Hall–Kier alpha value is -2.89. The maximum Gasteiger partial charge on any atom is 0.173 e. The molecule has 0 fully saturated rings. The summed E-state index contributed by atoms with van der Waals surface area (Å²) in [6.45, 7) is 1.24. The highest BCUT2D eigenvalue weighted by molar-refractivity contribution is 5.38. The minimum absolute atomic E-state index is 0.576. The number of hydrogen-bond acceptors (Lipinski definition) is 5. The fourth-order valence-electron chi connectivity index (χ4n) is 2.94. The van der Waals surface area contributed by atoms with Gasteiger partial charge in [0.05, 0.1) is 18.9 Å². The van der Waals surface area contributed by atoms with Crippen molar-refractivity contribution < 1.29 is 4.74 Å². The molecule has 1 N–H and O–H groups in total. The van der Waals surface area contributed by atoms with Crippen LogP contribution >= 0.6 is 0 Å². The Bertz CT molecular complexity index is 816. The number of ether oxygens (including phenoxy) is 1. The fourth-order valence-corrected chi connectivity index (χ4v) is 2.94. The molecule has 0 radical (unpaired) electrons. The van der Waals surface area contributed by atoms with Crippen molar-refractivity contribution in [3.05, 3.63) is 60.2 Å². The van der Waals surface area contributed by atoms with E-state index in [1.807, 2.05) is 12.3 Å². The summed E-state index contributed by atoms with van der Waals surface area (Å²) in [5.41, 5.74) is 2.89. The van der Waals surface area contributed by atoms with Gasteiger partial charge in [0.25, 0.3) is 0 Å². The number of nitrogens with zero attached hydrogens (tertiary/aromatic N) is 4. The zero-order valence-electron chi connectivity index (χ0n) is 13.4. The van der Waals surface area contributed by atoms with Crippen molar-refractivity contribution in [2.45, 2.75) is 19.3 Å². The third-order valence-electron chi connectivity index (χ3n) is 4.11. The van der Waals surface area contributed by atoms with Crippen molar-refractivity contribution in [3.8, 4) is 11.6 Å². The van der Waals surface area contributed by atoms with Crippen LogP contribution in [-0.2, 0) is 12.8 Å². The van der Waals surface area contributed by atoms with Crippen LogP contribution in [0.15, 0.2) is 49.1 Å². The van der Waals surface area contributed by atoms with Crippen molar-refractivity contribution in [1.82, 2.24) is 19.7 Å². The molecule has 2 aromatic heterocycles. The molecule has 0 atom stereocenters. The molecule has 0 saturated carbocycles. The van der Waals surface area contributed by atoms with Gasteiger partial charge in [-0.2, -0.15) is 5.10 Å². The van der Waals surface area contributed by atoms with Gasteiger partial charge >= 0.3 is 0 Å². The lowest BCUT2D eigenvalue weighted by molar-refractivity contribution is 0.332. The smallest absolute Gasteiger partial charge is 0.173 e. The molecule has 0 saturated heterocycles. The normalized spacial score (nSPS) is 12.8. The molecule has 122 valence electrons. The maximum absolute atomic E-state index is 5.83. The van der Waals surface area contributed by atoms with Crippen molar-refractivity contribution in [2.75, 3.05) is 18.5 Å². The van der Waals surface area contributed by atoms with Crippen LogP contribution in [0.4, 0.5) is 5.82 Å². The Morgan fingerprint density at radius 2 is 2.12 bits per heavy atom. The van der Waals surface area contributed by atoms with Crippen LogP contribution in [0, 0.1) is 0 Å². The topological polar surface area (TPSA) is 64.9 Å². The zero-order chi connectivity index (χ0) is 16.2. The van der Waals surface area contributed by atoms with Gasteiger partial charge in [-0.25, -0.2) is 9.67 Å². The van der Waals surface area contributed by atoms with E-state index in [1.54, 1.807) is 23.3 Å². The first-order valence-corrected chi connectivity index (χ1v) is 8.19. The summed E-state index contributed by atoms with van der Waals surface area (Å²) in [6.07, 6.45) is 10.5. The van der Waals surface area contributed by atoms with E-state index < -0.39 is 0 Å². The SMILES string of the molecule is c1cnn(-c2cncc(NCCOc3ccc4c(c3)CCC4)n2)c1. The predicted octanol–water partition coefficient (Wildman–Crippen LogP) is 2.64. The number of aryl methyl sites for hydroxylation is 2. The summed E-state index contributed by atoms with van der Waals surface area (Å²) in [7, 11) is 0. The zero-order valence-corrected chi connectivity index (χ0v) is 13.4. The lowest BCUT2D eigenvalue weighted by atomic mass is 10.1. The quantitative estimate of drug-likeness (QED) is 0.707. The van der Waals surface area contributed by atoms with Crippen LogP contribution in [0.25, 0.3) is 5.82 Å². The van der Waals surface area contributed by atoms with Gasteiger partial charge in [-0.15, -0.1) is 0 Å². The summed E-state index contributed by atoms with van der Waals surface area (Å²) < 4.78 is 7.51. The number of anilines is 1. The summed E-state index contributed by atoms with van der Waals surface area (Å²) >= 11 is 0. The molecule has 1 aliphatic rings. The van der Waals surface area contributed by atoms with E-state index in [0.717, 1.165) is 5.75 Å². The average Bonchev–Trinajstić information content (AvgIpc) is 3.30. The van der Waals surface area contributed by atoms with Gasteiger partial charge in [-0.1, -0.05) is 6.07 Å². The van der Waals surface area contributed by atoms with Gasteiger partial charge in [0, 0.05) is 12.4 Å². The number of aromatic nitrogens is 4. The molecule has 0 bridgehead atoms. The molecule has 24 heavy (non-hydrogen) atoms. The molecule has 2 heterocycles. The first-order chi connectivity index (χ1) is 11.9. The summed E-state index contributed by atoms with van der Waals surface area (Å²) in [6, 6.07) is 8.26. The largest absolute Gasteiger partial charge is 0.492 e. The molecule has 1 aliphatic carbocycles. The van der Waals surface area contributed by atoms with E-state index in [4.69, 9.17) is 4.74 Å². The van der Waals surface area contributed by atoms with Crippen LogP contribution in [0.5, 0.6) is 5.75 Å². The summed E-state index contributed by atoms with van der Waals surface area (Å²) in [5, 5.41) is 7.38. The van der Waals surface area contributed by atoms with E-state index in [-0.39, 0.29) is 0 Å². The summed E-state index contributed by atoms with van der Waals surface area (Å²) in [5.74, 6) is 2.33. The Morgan fingerprint density at radius 3 is 3.04 bits per heavy atom. The van der Waals surface area contributed by atoms with Crippen molar-refractivity contribution >= 4 is 5.82 Å². The second-order valence-electron chi connectivity index (χ2n) is 5.77. The molecular formula is C18H19N5O. The average molecular weight is 321 g/mol. The number of fused-ring (bicyclic) bond motifs is 1. The van der Waals surface area contributed by atoms with Gasteiger partial charge in [0.15, 0.2) is 5.82 Å². The highest BCUT2D eigenvalue weighted by Gasteiger charge is 2.11. The summed E-state index contributed by atoms with van der Waals surface area (Å²) in [4.78, 5) is 8.67. The van der Waals surface area contributed by atoms with Gasteiger partial charge < -0.3 is 10.1 Å². The third-order valence-corrected chi connectivity index (χ3v) is 4.11. The second kappa shape index (κ2) is 6.70. The van der Waals surface area contributed by atoms with E-state index in [9.17, 15) is 0 Å². The van der Waals surface area contributed by atoms with Crippen LogP contribution in [0.1, 0.15) is 17.5 Å². The minimum atomic E-state index is 0.576. The number of benzene rings is 1. The molecule has 0 aliphatic heterocycles. The minimum Gasteiger partial charge on any atom is -0.492 e. The highest BCUT2D eigenvalue weighted by atomic mass is 16.5. The predicted molar refractivity (Wildman–Crippen MR) is 91.6 cm³/mol. The Morgan fingerprint density at radius 1 is 1.17 bits per heavy atom. The second-order valence-corrected chi connectivity index (χ2v) is 5.77. The number of hydrogen-bond donors (Lipinski definition) is 1. The van der Waals surface area contributed by atoms with Crippen LogP contribution in [-0.4, -0.2) is 32.9 Å². The van der Waals surface area contributed by atoms with E-state index in [0.29, 0.717) is 24.8 Å². The Balaban J connectivity index is 1.31. The van der Waals surface area contributed by atoms with E-state index in [2.05, 4.69) is 38.6 Å². The molecule has 6 heteroatoms. The van der Waals surface area contributed by atoms with E-state index >= 15 is 0 Å². The van der Waals surface area contributed by atoms with Gasteiger partial charge in [-0.05, 0) is 48.6 Å². The van der Waals surface area contributed by atoms with Crippen molar-refractivity contribution in [2.24, 2.45) is 0 Å². The first-order valence-electron chi connectivity index (χ1n) is 8.19. The van der Waals surface area contributed by atoms with E-state index in [1.165, 1.54) is 30.4 Å².